The molecule has 0 heterocycles. The summed E-state index contributed by atoms with van der Waals surface area (Å²) in [5, 5.41) is 0. The van der Waals surface area contributed by atoms with Crippen LogP contribution in [-0.2, 0) is 9.53 Å². The van der Waals surface area contributed by atoms with Crippen molar-refractivity contribution in [3.63, 3.8) is 0 Å². The van der Waals surface area contributed by atoms with Gasteiger partial charge < -0.3 is 4.74 Å². The van der Waals surface area contributed by atoms with E-state index in [1.807, 2.05) is 0 Å². The van der Waals surface area contributed by atoms with Crippen molar-refractivity contribution >= 4 is 5.97 Å². The molecule has 0 saturated carbocycles. The Kier molecular flexibility index (Phi) is 24.6. The molecule has 0 aromatic heterocycles. The van der Waals surface area contributed by atoms with Gasteiger partial charge in [-0.15, -0.1) is 0 Å². The summed E-state index contributed by atoms with van der Waals surface area (Å²) in [4.78, 5) is 11.7. The Morgan fingerprint density at radius 3 is 1.48 bits per heavy atom. The van der Waals surface area contributed by atoms with Gasteiger partial charge >= 0.3 is 5.97 Å². The minimum atomic E-state index is 0.00797. The molecule has 0 bridgehead atoms. The SMILES string of the molecule is CCCCCCCCC=CCCCCCCCC(=O)OCCCCCCCCC. The van der Waals surface area contributed by atoms with Gasteiger partial charge in [0.1, 0.15) is 0 Å². The molecule has 29 heavy (non-hydrogen) atoms. The van der Waals surface area contributed by atoms with Gasteiger partial charge in [0.25, 0.3) is 0 Å². The first kappa shape index (κ1) is 28.2. The molecule has 0 radical (unpaired) electrons. The lowest BCUT2D eigenvalue weighted by Crippen LogP contribution is -2.05. The zero-order valence-corrected chi connectivity index (χ0v) is 20.0. The summed E-state index contributed by atoms with van der Waals surface area (Å²) < 4.78 is 5.34. The molecule has 0 aliphatic heterocycles. The third-order valence-corrected chi connectivity index (χ3v) is 5.65. The van der Waals surface area contributed by atoms with Crippen molar-refractivity contribution < 1.29 is 9.53 Å². The second-order valence-corrected chi connectivity index (χ2v) is 8.68. The molecule has 0 spiro atoms. The summed E-state index contributed by atoms with van der Waals surface area (Å²) in [6.07, 6.45) is 31.0. The third-order valence-electron chi connectivity index (χ3n) is 5.65. The third kappa shape index (κ3) is 25.2. The molecule has 172 valence electrons. The zero-order valence-electron chi connectivity index (χ0n) is 20.0. The van der Waals surface area contributed by atoms with Crippen LogP contribution in [0.15, 0.2) is 12.2 Å². The number of ether oxygens (including phenoxy) is 1. The fraction of sp³-hybridized carbons (Fsp3) is 0.889. The van der Waals surface area contributed by atoms with Gasteiger partial charge in [-0.1, -0.05) is 116 Å². The standard InChI is InChI=1S/C27H52O2/c1-3-5-7-9-11-12-13-14-15-16-17-18-19-21-23-25-27(28)29-26-24-22-20-10-8-6-4-2/h14-15H,3-13,16-26H2,1-2H3. The first-order chi connectivity index (χ1) is 14.3. The van der Waals surface area contributed by atoms with E-state index < -0.39 is 0 Å². The Morgan fingerprint density at radius 1 is 0.552 bits per heavy atom. The average molecular weight is 409 g/mol. The number of hydrogen-bond acceptors (Lipinski definition) is 2. The van der Waals surface area contributed by atoms with Crippen molar-refractivity contribution in [3.8, 4) is 0 Å². The zero-order chi connectivity index (χ0) is 21.3. The molecule has 0 saturated heterocycles. The number of esters is 1. The van der Waals surface area contributed by atoms with Gasteiger partial charge in [0.05, 0.1) is 6.61 Å². The fourth-order valence-corrected chi connectivity index (χ4v) is 3.66. The normalized spacial score (nSPS) is 11.4. The molecule has 0 aromatic carbocycles. The molecule has 2 nitrogen and oxygen atoms in total. The van der Waals surface area contributed by atoms with Crippen LogP contribution in [0, 0.1) is 0 Å². The van der Waals surface area contributed by atoms with Gasteiger partial charge in [-0.3, -0.25) is 4.79 Å². The summed E-state index contributed by atoms with van der Waals surface area (Å²) in [6, 6.07) is 0. The van der Waals surface area contributed by atoms with Crippen LogP contribution in [-0.4, -0.2) is 12.6 Å². The van der Waals surface area contributed by atoms with Crippen LogP contribution in [0.25, 0.3) is 0 Å². The van der Waals surface area contributed by atoms with Crippen LogP contribution in [0.1, 0.15) is 149 Å². The van der Waals surface area contributed by atoms with Crippen LogP contribution >= 0.6 is 0 Å². The summed E-state index contributed by atoms with van der Waals surface area (Å²) in [5.74, 6) is 0.00797. The summed E-state index contributed by atoms with van der Waals surface area (Å²) in [6.45, 7) is 5.14. The Bertz CT molecular complexity index is 348. The van der Waals surface area contributed by atoms with Crippen LogP contribution in [0.2, 0.25) is 0 Å². The molecular weight excluding hydrogens is 356 g/mol. The first-order valence-corrected chi connectivity index (χ1v) is 13.1. The van der Waals surface area contributed by atoms with Gasteiger partial charge in [0, 0.05) is 6.42 Å². The van der Waals surface area contributed by atoms with Gasteiger partial charge in [0.15, 0.2) is 0 Å². The molecule has 0 aliphatic carbocycles. The maximum Gasteiger partial charge on any atom is 0.305 e. The van der Waals surface area contributed by atoms with Crippen LogP contribution in [0.5, 0.6) is 0 Å². The Morgan fingerprint density at radius 2 is 0.966 bits per heavy atom. The molecule has 0 N–H and O–H groups in total. The Hall–Kier alpha value is -0.790. The highest BCUT2D eigenvalue weighted by atomic mass is 16.5. The van der Waals surface area contributed by atoms with Crippen molar-refractivity contribution in [2.24, 2.45) is 0 Å². The first-order valence-electron chi connectivity index (χ1n) is 13.1. The van der Waals surface area contributed by atoms with E-state index in [1.54, 1.807) is 0 Å². The lowest BCUT2D eigenvalue weighted by molar-refractivity contribution is -0.143. The predicted molar refractivity (Wildman–Crippen MR) is 128 cm³/mol. The molecular formula is C27H52O2. The molecule has 0 atom stereocenters. The maximum atomic E-state index is 11.7. The molecule has 0 aromatic rings. The molecule has 0 fully saturated rings. The number of carbonyl (C=O) groups is 1. The minimum absolute atomic E-state index is 0.00797. The van der Waals surface area contributed by atoms with E-state index in [0.29, 0.717) is 13.0 Å². The fourth-order valence-electron chi connectivity index (χ4n) is 3.66. The maximum absolute atomic E-state index is 11.7. The van der Waals surface area contributed by atoms with Crippen LogP contribution in [0.4, 0.5) is 0 Å². The van der Waals surface area contributed by atoms with Crippen molar-refractivity contribution in [1.82, 2.24) is 0 Å². The lowest BCUT2D eigenvalue weighted by atomic mass is 10.1. The average Bonchev–Trinajstić information content (AvgIpc) is 2.72. The van der Waals surface area contributed by atoms with E-state index in [-0.39, 0.29) is 5.97 Å². The number of hydrogen-bond donors (Lipinski definition) is 0. The summed E-state index contributed by atoms with van der Waals surface area (Å²) in [7, 11) is 0. The van der Waals surface area contributed by atoms with Crippen molar-refractivity contribution in [3.05, 3.63) is 12.2 Å². The molecule has 0 aliphatic rings. The largest absolute Gasteiger partial charge is 0.466 e. The number of carbonyl (C=O) groups excluding carboxylic acids is 1. The molecule has 0 rings (SSSR count). The molecule has 2 heteroatoms. The number of allylic oxidation sites excluding steroid dienone is 2. The van der Waals surface area contributed by atoms with E-state index in [4.69, 9.17) is 4.74 Å². The van der Waals surface area contributed by atoms with E-state index in [9.17, 15) is 4.79 Å². The highest BCUT2D eigenvalue weighted by molar-refractivity contribution is 5.69. The summed E-state index contributed by atoms with van der Waals surface area (Å²) >= 11 is 0. The van der Waals surface area contributed by atoms with Gasteiger partial charge in [-0.25, -0.2) is 0 Å². The van der Waals surface area contributed by atoms with Crippen molar-refractivity contribution in [1.29, 1.82) is 0 Å². The summed E-state index contributed by atoms with van der Waals surface area (Å²) in [5.41, 5.74) is 0. The van der Waals surface area contributed by atoms with E-state index in [2.05, 4.69) is 26.0 Å². The Balaban J connectivity index is 3.19. The topological polar surface area (TPSA) is 26.3 Å². The second kappa shape index (κ2) is 25.2. The van der Waals surface area contributed by atoms with Crippen molar-refractivity contribution in [2.75, 3.05) is 6.61 Å². The van der Waals surface area contributed by atoms with E-state index >= 15 is 0 Å². The van der Waals surface area contributed by atoms with Gasteiger partial charge in [0.2, 0.25) is 0 Å². The van der Waals surface area contributed by atoms with Crippen LogP contribution in [0.3, 0.4) is 0 Å². The van der Waals surface area contributed by atoms with Crippen molar-refractivity contribution in [2.45, 2.75) is 149 Å². The van der Waals surface area contributed by atoms with Crippen LogP contribution < -0.4 is 0 Å². The van der Waals surface area contributed by atoms with E-state index in [1.165, 1.54) is 109 Å². The predicted octanol–water partition coefficient (Wildman–Crippen LogP) is 9.32. The molecule has 0 amide bonds. The smallest absolute Gasteiger partial charge is 0.305 e. The lowest BCUT2D eigenvalue weighted by Gasteiger charge is -2.05. The van der Waals surface area contributed by atoms with E-state index in [0.717, 1.165) is 19.3 Å². The quantitative estimate of drug-likeness (QED) is 0.0956. The van der Waals surface area contributed by atoms with Gasteiger partial charge in [-0.2, -0.15) is 0 Å². The highest BCUT2D eigenvalue weighted by Gasteiger charge is 2.02. The highest BCUT2D eigenvalue weighted by Crippen LogP contribution is 2.11. The monoisotopic (exact) mass is 408 g/mol. The number of unbranched alkanes of at least 4 members (excludes halogenated alkanes) is 17. The van der Waals surface area contributed by atoms with Gasteiger partial charge in [-0.05, 0) is 38.5 Å². The minimum Gasteiger partial charge on any atom is -0.466 e. The number of rotatable bonds is 23. The molecule has 0 unspecified atom stereocenters. The Labute approximate surface area is 183 Å². The second-order valence-electron chi connectivity index (χ2n) is 8.68.